The van der Waals surface area contributed by atoms with E-state index in [4.69, 9.17) is 5.11 Å². The van der Waals surface area contributed by atoms with Crippen LogP contribution in [0.25, 0.3) is 0 Å². The fourth-order valence-electron chi connectivity index (χ4n) is 8.98. The number of carbonyl (C=O) groups is 2. The summed E-state index contributed by atoms with van der Waals surface area (Å²) in [5, 5.41) is 33.0. The lowest BCUT2D eigenvalue weighted by Crippen LogP contribution is -2.58. The van der Waals surface area contributed by atoms with E-state index >= 15 is 0 Å². The summed E-state index contributed by atoms with van der Waals surface area (Å²) in [5.74, 6) is 1.84. The van der Waals surface area contributed by atoms with Crippen molar-refractivity contribution in [2.75, 3.05) is 6.54 Å². The summed E-state index contributed by atoms with van der Waals surface area (Å²) in [6, 6.07) is 0. The first-order valence-electron chi connectivity index (χ1n) is 12.9. The Hall–Kier alpha value is -1.14. The quantitative estimate of drug-likeness (QED) is 0.496. The van der Waals surface area contributed by atoms with Crippen LogP contribution in [0.5, 0.6) is 0 Å². The molecule has 0 spiro atoms. The highest BCUT2D eigenvalue weighted by atomic mass is 16.4. The molecule has 0 unspecified atom stereocenters. The van der Waals surface area contributed by atoms with Crippen molar-refractivity contribution in [2.24, 2.45) is 46.3 Å². The molecule has 0 aromatic carbocycles. The van der Waals surface area contributed by atoms with Crippen molar-refractivity contribution in [3.8, 4) is 0 Å². The molecule has 32 heavy (non-hydrogen) atoms. The van der Waals surface area contributed by atoms with Crippen molar-refractivity contribution in [1.29, 1.82) is 0 Å². The Morgan fingerprint density at radius 3 is 2.50 bits per heavy atom. The normalized spacial score (nSPS) is 46.5. The number of hydrogen-bond donors (Lipinski definition) is 4. The zero-order chi connectivity index (χ0) is 23.3. The van der Waals surface area contributed by atoms with Crippen LogP contribution in [-0.2, 0) is 9.59 Å². The first-order chi connectivity index (χ1) is 15.1. The molecule has 4 fully saturated rings. The molecule has 0 aromatic heterocycles. The molecule has 4 rings (SSSR count). The van der Waals surface area contributed by atoms with Crippen molar-refractivity contribution >= 4 is 11.9 Å². The molecule has 4 aliphatic carbocycles. The third-order valence-electron chi connectivity index (χ3n) is 10.8. The summed E-state index contributed by atoms with van der Waals surface area (Å²) >= 11 is 0. The van der Waals surface area contributed by atoms with Crippen molar-refractivity contribution in [2.45, 2.75) is 97.2 Å². The van der Waals surface area contributed by atoms with Crippen LogP contribution in [0.4, 0.5) is 0 Å². The van der Waals surface area contributed by atoms with Gasteiger partial charge in [0.1, 0.15) is 6.54 Å². The Bertz CT molecular complexity index is 727. The molecule has 6 heteroatoms. The van der Waals surface area contributed by atoms with Gasteiger partial charge < -0.3 is 20.6 Å². The first kappa shape index (κ1) is 24.0. The van der Waals surface area contributed by atoms with Crippen LogP contribution in [-0.4, -0.2) is 45.9 Å². The lowest BCUT2D eigenvalue weighted by atomic mass is 9.43. The van der Waals surface area contributed by atoms with Gasteiger partial charge in [0.15, 0.2) is 0 Å². The maximum Gasteiger partial charge on any atom is 0.322 e. The minimum absolute atomic E-state index is 0.102. The number of rotatable bonds is 6. The summed E-state index contributed by atoms with van der Waals surface area (Å²) in [4.78, 5) is 22.7. The molecule has 0 radical (unpaired) electrons. The van der Waals surface area contributed by atoms with E-state index in [1.165, 1.54) is 12.8 Å². The lowest BCUT2D eigenvalue weighted by Gasteiger charge is -2.62. The molecule has 4 N–H and O–H groups in total. The zero-order valence-electron chi connectivity index (χ0n) is 20.1. The van der Waals surface area contributed by atoms with Crippen molar-refractivity contribution < 1.29 is 24.9 Å². The Morgan fingerprint density at radius 2 is 1.78 bits per heavy atom. The maximum absolute atomic E-state index is 12.0. The van der Waals surface area contributed by atoms with Crippen molar-refractivity contribution in [3.05, 3.63) is 0 Å². The standard InChI is InChI=1S/C26H43NO5/c1-15(4-9-23(30)27-14-24(31)32)19-7-8-20-18-6-5-16-12-17(28)10-11-25(16,2)21(18)13-22(29)26(19,20)3/h15-22,28-29H,4-14H2,1-3H3,(H,27,30)(H,31,32)/t15-,16-,17-,18+,19-,20+,21-,22+,25+,26-/m1/s1. The number of carbonyl (C=O) groups excluding carboxylic acids is 1. The molecule has 182 valence electrons. The van der Waals surface area contributed by atoms with Gasteiger partial charge in [0.2, 0.25) is 5.91 Å². The molecule has 6 nitrogen and oxygen atoms in total. The van der Waals surface area contributed by atoms with E-state index in [2.05, 4.69) is 26.1 Å². The number of carboxylic acids is 1. The molecule has 0 bridgehead atoms. The second-order valence-corrected chi connectivity index (χ2v) is 12.1. The van der Waals surface area contributed by atoms with Crippen molar-refractivity contribution in [1.82, 2.24) is 5.32 Å². The van der Waals surface area contributed by atoms with Gasteiger partial charge in [-0.3, -0.25) is 9.59 Å². The van der Waals surface area contributed by atoms with E-state index in [0.717, 1.165) is 44.9 Å². The highest BCUT2D eigenvalue weighted by molar-refractivity contribution is 5.81. The molecule has 4 saturated carbocycles. The monoisotopic (exact) mass is 449 g/mol. The number of amides is 1. The lowest BCUT2D eigenvalue weighted by molar-refractivity contribution is -0.175. The average Bonchev–Trinajstić information content (AvgIpc) is 3.10. The second kappa shape index (κ2) is 8.90. The van der Waals surface area contributed by atoms with Gasteiger partial charge in [0.05, 0.1) is 12.2 Å². The Labute approximate surface area is 192 Å². The fourth-order valence-corrected chi connectivity index (χ4v) is 8.98. The molecule has 0 aromatic rings. The molecule has 4 aliphatic rings. The number of aliphatic hydroxyl groups is 2. The summed E-state index contributed by atoms with van der Waals surface area (Å²) in [5.41, 5.74) is 0.145. The number of aliphatic hydroxyl groups excluding tert-OH is 2. The fraction of sp³-hybridized carbons (Fsp3) is 0.923. The minimum Gasteiger partial charge on any atom is -0.480 e. The van der Waals surface area contributed by atoms with Crippen LogP contribution >= 0.6 is 0 Å². The molecule has 10 atom stereocenters. The van der Waals surface area contributed by atoms with Gasteiger partial charge in [-0.2, -0.15) is 0 Å². The van der Waals surface area contributed by atoms with Crippen LogP contribution in [0.2, 0.25) is 0 Å². The topological polar surface area (TPSA) is 107 Å². The van der Waals surface area contributed by atoms with Crippen LogP contribution < -0.4 is 5.32 Å². The largest absolute Gasteiger partial charge is 0.480 e. The number of aliphatic carboxylic acids is 1. The van der Waals surface area contributed by atoms with Gasteiger partial charge in [0, 0.05) is 6.42 Å². The summed E-state index contributed by atoms with van der Waals surface area (Å²) in [6.45, 7) is 6.65. The van der Waals surface area contributed by atoms with Gasteiger partial charge in [-0.15, -0.1) is 0 Å². The van der Waals surface area contributed by atoms with E-state index in [1.807, 2.05) is 0 Å². The maximum atomic E-state index is 12.0. The molecule has 0 saturated heterocycles. The van der Waals surface area contributed by atoms with Gasteiger partial charge in [-0.1, -0.05) is 20.8 Å². The summed E-state index contributed by atoms with van der Waals surface area (Å²) < 4.78 is 0. The van der Waals surface area contributed by atoms with E-state index in [9.17, 15) is 19.8 Å². The molecular weight excluding hydrogens is 406 g/mol. The third kappa shape index (κ3) is 4.00. The number of nitrogens with one attached hydrogen (secondary N) is 1. The smallest absolute Gasteiger partial charge is 0.322 e. The highest BCUT2D eigenvalue weighted by Gasteiger charge is 2.63. The Balaban J connectivity index is 1.45. The van der Waals surface area contributed by atoms with Crippen molar-refractivity contribution in [3.63, 3.8) is 0 Å². The zero-order valence-corrected chi connectivity index (χ0v) is 20.1. The average molecular weight is 450 g/mol. The highest BCUT2D eigenvalue weighted by Crippen LogP contribution is 2.68. The predicted octanol–water partition coefficient (Wildman–Crippen LogP) is 3.59. The van der Waals surface area contributed by atoms with E-state index in [-0.39, 0.29) is 35.5 Å². The van der Waals surface area contributed by atoms with Crippen LogP contribution in [0.3, 0.4) is 0 Å². The number of carboxylic acid groups (broad SMARTS) is 1. The Morgan fingerprint density at radius 1 is 1.03 bits per heavy atom. The summed E-state index contributed by atoms with van der Waals surface area (Å²) in [6.07, 6.45) is 9.12. The SMILES string of the molecule is C[C@H](CCC(=O)NCC(=O)O)[C@H]1CC[C@H]2[C@@H]3CC[C@@H]4C[C@H](O)CC[C@]4(C)[C@@H]3C[C@H](O)[C@]12C. The molecular formula is C26H43NO5. The minimum atomic E-state index is -1.02. The third-order valence-corrected chi connectivity index (χ3v) is 10.8. The van der Waals surface area contributed by atoms with Crippen LogP contribution in [0, 0.1) is 46.3 Å². The van der Waals surface area contributed by atoms with E-state index in [1.54, 1.807) is 0 Å². The number of fused-ring (bicyclic) bond motifs is 5. The number of hydrogen-bond acceptors (Lipinski definition) is 4. The van der Waals surface area contributed by atoms with E-state index in [0.29, 0.717) is 41.9 Å². The van der Waals surface area contributed by atoms with Gasteiger partial charge in [0.25, 0.3) is 0 Å². The molecule has 0 aliphatic heterocycles. The first-order valence-corrected chi connectivity index (χ1v) is 12.9. The van der Waals surface area contributed by atoms with E-state index < -0.39 is 5.97 Å². The van der Waals surface area contributed by atoms with Gasteiger partial charge in [-0.05, 0) is 104 Å². The molecule has 0 heterocycles. The summed E-state index contributed by atoms with van der Waals surface area (Å²) in [7, 11) is 0. The van der Waals surface area contributed by atoms with Gasteiger partial charge >= 0.3 is 5.97 Å². The van der Waals surface area contributed by atoms with Crippen LogP contribution in [0.15, 0.2) is 0 Å². The van der Waals surface area contributed by atoms with Gasteiger partial charge in [-0.25, -0.2) is 0 Å². The Kier molecular flexibility index (Phi) is 6.68. The predicted molar refractivity (Wildman–Crippen MR) is 122 cm³/mol. The van der Waals surface area contributed by atoms with Crippen LogP contribution in [0.1, 0.15) is 85.0 Å². The molecule has 1 amide bonds. The second-order valence-electron chi connectivity index (χ2n) is 12.1.